The van der Waals surface area contributed by atoms with Crippen LogP contribution in [-0.4, -0.2) is 5.78 Å². The number of allylic oxidation sites excluding steroid dienone is 4. The van der Waals surface area contributed by atoms with Gasteiger partial charge in [-0.1, -0.05) is 37.6 Å². The highest BCUT2D eigenvalue weighted by Gasteiger charge is 2.58. The van der Waals surface area contributed by atoms with Crippen molar-refractivity contribution in [3.63, 3.8) is 0 Å². The van der Waals surface area contributed by atoms with Gasteiger partial charge in [0.1, 0.15) is 0 Å². The molecule has 1 heteroatoms. The zero-order valence-corrected chi connectivity index (χ0v) is 15.0. The zero-order chi connectivity index (χ0) is 16.4. The van der Waals surface area contributed by atoms with E-state index in [1.165, 1.54) is 36.8 Å². The van der Waals surface area contributed by atoms with Crippen LogP contribution in [0, 0.1) is 28.6 Å². The second-order valence-electron chi connectivity index (χ2n) is 8.94. The van der Waals surface area contributed by atoms with Gasteiger partial charge in [-0.2, -0.15) is 0 Å². The Morgan fingerprint density at radius 3 is 2.65 bits per heavy atom. The fourth-order valence-electron chi connectivity index (χ4n) is 6.90. The molecular formula is C22H30O. The Morgan fingerprint density at radius 2 is 1.91 bits per heavy atom. The summed E-state index contributed by atoms with van der Waals surface area (Å²) in [6.07, 6.45) is 12.4. The van der Waals surface area contributed by atoms with Gasteiger partial charge in [0.15, 0.2) is 5.78 Å². The minimum Gasteiger partial charge on any atom is -0.295 e. The third-order valence-electron chi connectivity index (χ3n) is 8.10. The molecule has 0 saturated heterocycles. The third-order valence-corrected chi connectivity index (χ3v) is 8.10. The van der Waals surface area contributed by atoms with Crippen LogP contribution in [0.4, 0.5) is 0 Å². The van der Waals surface area contributed by atoms with Crippen LogP contribution in [-0.2, 0) is 4.79 Å². The summed E-state index contributed by atoms with van der Waals surface area (Å²) in [4.78, 5) is 11.9. The maximum atomic E-state index is 11.9. The molecule has 0 heterocycles. The normalized spacial score (nSPS) is 47.9. The minimum absolute atomic E-state index is 0.290. The third kappa shape index (κ3) is 1.95. The summed E-state index contributed by atoms with van der Waals surface area (Å²) in [7, 11) is 0. The Morgan fingerprint density at radius 1 is 1.13 bits per heavy atom. The monoisotopic (exact) mass is 310 g/mol. The quantitative estimate of drug-likeness (QED) is 0.566. The maximum absolute atomic E-state index is 11.9. The van der Waals surface area contributed by atoms with Crippen LogP contribution in [0.15, 0.2) is 35.5 Å². The summed E-state index contributed by atoms with van der Waals surface area (Å²) < 4.78 is 0. The Bertz CT molecular complexity index is 636. The molecule has 5 unspecified atom stereocenters. The fraction of sp³-hybridized carbons (Fsp3) is 0.682. The highest BCUT2D eigenvalue weighted by Crippen LogP contribution is 2.67. The molecule has 124 valence electrons. The van der Waals surface area contributed by atoms with Crippen LogP contribution in [0.25, 0.3) is 0 Å². The van der Waals surface area contributed by atoms with Gasteiger partial charge >= 0.3 is 0 Å². The van der Waals surface area contributed by atoms with E-state index in [0.717, 1.165) is 37.0 Å². The van der Waals surface area contributed by atoms with Crippen LogP contribution in [0.2, 0.25) is 0 Å². The minimum atomic E-state index is 0.290. The number of fused-ring (bicyclic) bond motifs is 5. The number of ketones is 1. The van der Waals surface area contributed by atoms with E-state index in [2.05, 4.69) is 33.4 Å². The summed E-state index contributed by atoms with van der Waals surface area (Å²) in [5, 5.41) is 0. The molecule has 0 aromatic rings. The Kier molecular flexibility index (Phi) is 3.31. The topological polar surface area (TPSA) is 17.1 Å². The Balaban J connectivity index is 1.72. The Hall–Kier alpha value is -1.11. The SMILES string of the molecule is C=C1CC2C3CCC4=CC(=O)CCC4(C)C3CCC2(C)/C1=C/C. The lowest BCUT2D eigenvalue weighted by atomic mass is 9.47. The molecule has 0 aromatic carbocycles. The van der Waals surface area contributed by atoms with Gasteiger partial charge in [-0.3, -0.25) is 4.79 Å². The van der Waals surface area contributed by atoms with Crippen molar-refractivity contribution in [1.29, 1.82) is 0 Å². The molecule has 0 radical (unpaired) electrons. The molecule has 1 nitrogen and oxygen atoms in total. The lowest BCUT2D eigenvalue weighted by Crippen LogP contribution is -2.49. The zero-order valence-electron chi connectivity index (χ0n) is 15.0. The molecule has 3 saturated carbocycles. The van der Waals surface area contributed by atoms with Gasteiger partial charge < -0.3 is 0 Å². The van der Waals surface area contributed by atoms with Gasteiger partial charge in [0.2, 0.25) is 0 Å². The van der Waals surface area contributed by atoms with E-state index in [4.69, 9.17) is 0 Å². The van der Waals surface area contributed by atoms with Gasteiger partial charge in [-0.25, -0.2) is 0 Å². The standard InChI is InChI=1S/C22H30O/c1-5-18-14(2)12-20-17-7-6-15-13-16(23)8-10-21(15,3)19(17)9-11-22(18,20)4/h5,13,17,19-20H,2,6-12H2,1,3-4H3/b18-5+. The second kappa shape index (κ2) is 4.94. The van der Waals surface area contributed by atoms with Crippen LogP contribution < -0.4 is 0 Å². The predicted molar refractivity (Wildman–Crippen MR) is 95.0 cm³/mol. The van der Waals surface area contributed by atoms with Crippen LogP contribution >= 0.6 is 0 Å². The lowest BCUT2D eigenvalue weighted by molar-refractivity contribution is -0.117. The van der Waals surface area contributed by atoms with E-state index in [1.54, 1.807) is 5.57 Å². The molecule has 4 aliphatic carbocycles. The molecule has 23 heavy (non-hydrogen) atoms. The molecule has 0 aliphatic heterocycles. The maximum Gasteiger partial charge on any atom is 0.155 e. The largest absolute Gasteiger partial charge is 0.295 e. The van der Waals surface area contributed by atoms with E-state index in [0.29, 0.717) is 11.2 Å². The lowest BCUT2D eigenvalue weighted by Gasteiger charge is -2.57. The van der Waals surface area contributed by atoms with Crippen molar-refractivity contribution >= 4 is 5.78 Å². The average molecular weight is 310 g/mol. The van der Waals surface area contributed by atoms with Crippen molar-refractivity contribution in [2.24, 2.45) is 28.6 Å². The smallest absolute Gasteiger partial charge is 0.155 e. The van der Waals surface area contributed by atoms with Gasteiger partial charge in [-0.05, 0) is 85.7 Å². The molecule has 5 atom stereocenters. The number of rotatable bonds is 0. The molecular weight excluding hydrogens is 280 g/mol. The van der Waals surface area contributed by atoms with E-state index >= 15 is 0 Å². The first kappa shape index (κ1) is 15.4. The van der Waals surface area contributed by atoms with Gasteiger partial charge in [0.05, 0.1) is 0 Å². The summed E-state index contributed by atoms with van der Waals surface area (Å²) >= 11 is 0. The molecule has 3 fully saturated rings. The molecule has 0 amide bonds. The number of carbonyl (C=O) groups excluding carboxylic acids is 1. The van der Waals surface area contributed by atoms with Crippen molar-refractivity contribution in [3.8, 4) is 0 Å². The van der Waals surface area contributed by atoms with Crippen LogP contribution in [0.1, 0.15) is 65.7 Å². The molecule has 4 rings (SSSR count). The first-order valence-corrected chi connectivity index (χ1v) is 9.49. The molecule has 0 aromatic heterocycles. The molecule has 0 N–H and O–H groups in total. The second-order valence-corrected chi connectivity index (χ2v) is 8.94. The van der Waals surface area contributed by atoms with E-state index in [-0.39, 0.29) is 5.41 Å². The van der Waals surface area contributed by atoms with E-state index < -0.39 is 0 Å². The summed E-state index contributed by atoms with van der Waals surface area (Å²) in [6, 6.07) is 0. The van der Waals surface area contributed by atoms with E-state index in [9.17, 15) is 4.79 Å². The van der Waals surface area contributed by atoms with Gasteiger partial charge in [0.25, 0.3) is 0 Å². The highest BCUT2D eigenvalue weighted by molar-refractivity contribution is 5.91. The molecule has 4 aliphatic rings. The fourth-order valence-corrected chi connectivity index (χ4v) is 6.90. The Labute approximate surface area is 140 Å². The summed E-state index contributed by atoms with van der Waals surface area (Å²) in [6.45, 7) is 11.6. The first-order valence-electron chi connectivity index (χ1n) is 9.49. The van der Waals surface area contributed by atoms with Crippen LogP contribution in [0.5, 0.6) is 0 Å². The van der Waals surface area contributed by atoms with Crippen molar-refractivity contribution in [2.75, 3.05) is 0 Å². The van der Waals surface area contributed by atoms with Gasteiger partial charge in [0, 0.05) is 6.42 Å². The van der Waals surface area contributed by atoms with Gasteiger partial charge in [-0.15, -0.1) is 0 Å². The van der Waals surface area contributed by atoms with Crippen molar-refractivity contribution in [1.82, 2.24) is 0 Å². The number of hydrogen-bond acceptors (Lipinski definition) is 1. The summed E-state index contributed by atoms with van der Waals surface area (Å²) in [5.41, 5.74) is 5.06. The number of carbonyl (C=O) groups is 1. The number of hydrogen-bond donors (Lipinski definition) is 0. The molecule has 0 spiro atoms. The van der Waals surface area contributed by atoms with Crippen molar-refractivity contribution in [3.05, 3.63) is 35.5 Å². The van der Waals surface area contributed by atoms with Crippen molar-refractivity contribution in [2.45, 2.75) is 65.7 Å². The first-order chi connectivity index (χ1) is 10.9. The van der Waals surface area contributed by atoms with E-state index in [1.807, 2.05) is 6.08 Å². The highest BCUT2D eigenvalue weighted by atomic mass is 16.1. The average Bonchev–Trinajstić information content (AvgIpc) is 2.77. The predicted octanol–water partition coefficient (Wildman–Crippen LogP) is 5.63. The van der Waals surface area contributed by atoms with Crippen LogP contribution in [0.3, 0.4) is 0 Å². The summed E-state index contributed by atoms with van der Waals surface area (Å²) in [5.74, 6) is 2.73. The molecule has 0 bridgehead atoms. The van der Waals surface area contributed by atoms with Crippen molar-refractivity contribution < 1.29 is 4.79 Å².